The lowest BCUT2D eigenvalue weighted by molar-refractivity contribution is -0.134. The molecule has 0 unspecified atom stereocenters. The molecule has 102 valence electrons. The summed E-state index contributed by atoms with van der Waals surface area (Å²) < 4.78 is 5.24. The molecule has 0 N–H and O–H groups in total. The Bertz CT molecular complexity index is 454. The van der Waals surface area contributed by atoms with Gasteiger partial charge in [0.2, 0.25) is 12.3 Å². The summed E-state index contributed by atoms with van der Waals surface area (Å²) in [6.45, 7) is 2.43. The molecule has 1 aromatic carbocycles. The molecule has 0 aromatic heterocycles. The predicted octanol–water partition coefficient (Wildman–Crippen LogP) is 0.538. The number of nitrogens with zero attached hydrogens (tertiary/aromatic N) is 2. The number of hydrogen-bond acceptors (Lipinski definition) is 3. The normalized spacial score (nSPS) is 15.2. The largest absolute Gasteiger partial charge is 0.496 e. The fourth-order valence-corrected chi connectivity index (χ4v) is 2.20. The minimum Gasteiger partial charge on any atom is -0.496 e. The van der Waals surface area contributed by atoms with Crippen molar-refractivity contribution in [2.24, 2.45) is 0 Å². The minimum atomic E-state index is 0.0787. The molecule has 2 rings (SSSR count). The Morgan fingerprint density at radius 3 is 2.58 bits per heavy atom. The summed E-state index contributed by atoms with van der Waals surface area (Å²) in [5, 5.41) is 0. The van der Waals surface area contributed by atoms with Crippen LogP contribution in [0.4, 0.5) is 0 Å². The van der Waals surface area contributed by atoms with Gasteiger partial charge < -0.3 is 14.5 Å². The second-order valence-corrected chi connectivity index (χ2v) is 4.51. The van der Waals surface area contributed by atoms with Gasteiger partial charge in [0.25, 0.3) is 0 Å². The number of para-hydroxylation sites is 1. The van der Waals surface area contributed by atoms with Gasteiger partial charge in [0.1, 0.15) is 5.75 Å². The fraction of sp³-hybridized carbons (Fsp3) is 0.429. The number of carbonyl (C=O) groups excluding carboxylic acids is 2. The van der Waals surface area contributed by atoms with E-state index in [4.69, 9.17) is 4.74 Å². The predicted molar refractivity (Wildman–Crippen MR) is 70.9 cm³/mol. The number of ether oxygens (including phenoxy) is 1. The Kier molecular flexibility index (Phi) is 4.39. The summed E-state index contributed by atoms with van der Waals surface area (Å²) in [5.74, 6) is 0.817. The van der Waals surface area contributed by atoms with E-state index in [9.17, 15) is 9.59 Å². The second-order valence-electron chi connectivity index (χ2n) is 4.51. The zero-order valence-electron chi connectivity index (χ0n) is 11.0. The van der Waals surface area contributed by atoms with Crippen molar-refractivity contribution in [1.82, 2.24) is 9.80 Å². The molecule has 19 heavy (non-hydrogen) atoms. The third kappa shape index (κ3) is 3.24. The lowest BCUT2D eigenvalue weighted by atomic mass is 10.1. The summed E-state index contributed by atoms with van der Waals surface area (Å²) in [7, 11) is 1.60. The summed E-state index contributed by atoms with van der Waals surface area (Å²) in [6, 6.07) is 7.54. The van der Waals surface area contributed by atoms with Gasteiger partial charge in [-0.1, -0.05) is 18.2 Å². The maximum absolute atomic E-state index is 12.2. The molecule has 1 fully saturated rings. The first-order valence-corrected chi connectivity index (χ1v) is 6.33. The molecular weight excluding hydrogens is 244 g/mol. The van der Waals surface area contributed by atoms with Gasteiger partial charge in [0.05, 0.1) is 13.5 Å². The van der Waals surface area contributed by atoms with Crippen LogP contribution in [-0.2, 0) is 16.0 Å². The first-order valence-electron chi connectivity index (χ1n) is 6.33. The van der Waals surface area contributed by atoms with E-state index < -0.39 is 0 Å². The molecule has 2 amide bonds. The second kappa shape index (κ2) is 6.22. The van der Waals surface area contributed by atoms with Crippen molar-refractivity contribution in [2.45, 2.75) is 6.42 Å². The summed E-state index contributed by atoms with van der Waals surface area (Å²) in [5.41, 5.74) is 0.896. The molecule has 5 heteroatoms. The molecule has 1 aliphatic rings. The van der Waals surface area contributed by atoms with Crippen LogP contribution in [0.5, 0.6) is 5.75 Å². The zero-order valence-corrected chi connectivity index (χ0v) is 11.0. The lowest BCUT2D eigenvalue weighted by Gasteiger charge is -2.32. The molecule has 0 radical (unpaired) electrons. The number of carbonyl (C=O) groups is 2. The highest BCUT2D eigenvalue weighted by molar-refractivity contribution is 5.79. The molecule has 0 saturated carbocycles. The van der Waals surface area contributed by atoms with Crippen molar-refractivity contribution < 1.29 is 14.3 Å². The van der Waals surface area contributed by atoms with Crippen molar-refractivity contribution in [3.05, 3.63) is 29.8 Å². The number of hydrogen-bond donors (Lipinski definition) is 0. The smallest absolute Gasteiger partial charge is 0.227 e. The van der Waals surface area contributed by atoms with Gasteiger partial charge in [-0.05, 0) is 6.07 Å². The Labute approximate surface area is 112 Å². The van der Waals surface area contributed by atoms with Crippen LogP contribution in [0.2, 0.25) is 0 Å². The average molecular weight is 262 g/mol. The monoisotopic (exact) mass is 262 g/mol. The van der Waals surface area contributed by atoms with Crippen molar-refractivity contribution in [3.63, 3.8) is 0 Å². The SMILES string of the molecule is COc1ccccc1CC(=O)N1CCN(C=O)CC1. The number of rotatable bonds is 4. The third-order valence-electron chi connectivity index (χ3n) is 3.35. The highest BCUT2D eigenvalue weighted by atomic mass is 16.5. The summed E-state index contributed by atoms with van der Waals surface area (Å²) in [6.07, 6.45) is 1.17. The van der Waals surface area contributed by atoms with Crippen molar-refractivity contribution >= 4 is 12.3 Å². The molecule has 0 aliphatic carbocycles. The molecular formula is C14H18N2O3. The first-order chi connectivity index (χ1) is 9.24. The zero-order chi connectivity index (χ0) is 13.7. The molecule has 1 heterocycles. The number of methoxy groups -OCH3 is 1. The van der Waals surface area contributed by atoms with E-state index in [1.807, 2.05) is 24.3 Å². The standard InChI is InChI=1S/C14H18N2O3/c1-19-13-5-3-2-4-12(13)10-14(18)16-8-6-15(11-17)7-9-16/h2-5,11H,6-10H2,1H3. The fourth-order valence-electron chi connectivity index (χ4n) is 2.20. The van der Waals surface area contributed by atoms with Gasteiger partial charge in [0, 0.05) is 31.7 Å². The Hall–Kier alpha value is -2.04. The highest BCUT2D eigenvalue weighted by Gasteiger charge is 2.20. The Morgan fingerprint density at radius 2 is 1.95 bits per heavy atom. The number of piperazine rings is 1. The number of benzene rings is 1. The van der Waals surface area contributed by atoms with Gasteiger partial charge in [-0.15, -0.1) is 0 Å². The van der Waals surface area contributed by atoms with E-state index in [-0.39, 0.29) is 5.91 Å². The van der Waals surface area contributed by atoms with Crippen LogP contribution in [0.3, 0.4) is 0 Å². The van der Waals surface area contributed by atoms with Crippen LogP contribution in [-0.4, -0.2) is 55.4 Å². The molecule has 1 aliphatic heterocycles. The molecule has 0 spiro atoms. The van der Waals surface area contributed by atoms with Gasteiger partial charge in [-0.25, -0.2) is 0 Å². The topological polar surface area (TPSA) is 49.9 Å². The van der Waals surface area contributed by atoms with E-state index in [1.54, 1.807) is 16.9 Å². The summed E-state index contributed by atoms with van der Waals surface area (Å²) in [4.78, 5) is 26.3. The minimum absolute atomic E-state index is 0.0787. The van der Waals surface area contributed by atoms with Crippen LogP contribution in [0.1, 0.15) is 5.56 Å². The van der Waals surface area contributed by atoms with E-state index >= 15 is 0 Å². The molecule has 1 saturated heterocycles. The van der Waals surface area contributed by atoms with Gasteiger partial charge in [-0.2, -0.15) is 0 Å². The van der Waals surface area contributed by atoms with Crippen molar-refractivity contribution in [3.8, 4) is 5.75 Å². The van der Waals surface area contributed by atoms with E-state index in [0.29, 0.717) is 32.6 Å². The lowest BCUT2D eigenvalue weighted by Crippen LogP contribution is -2.48. The molecule has 0 bridgehead atoms. The van der Waals surface area contributed by atoms with Crippen molar-refractivity contribution in [1.29, 1.82) is 0 Å². The van der Waals surface area contributed by atoms with Gasteiger partial charge >= 0.3 is 0 Å². The van der Waals surface area contributed by atoms with Gasteiger partial charge in [0.15, 0.2) is 0 Å². The average Bonchev–Trinajstić information content (AvgIpc) is 2.48. The third-order valence-corrected chi connectivity index (χ3v) is 3.35. The maximum atomic E-state index is 12.2. The molecule has 0 atom stereocenters. The molecule has 1 aromatic rings. The van der Waals surface area contributed by atoms with E-state index in [0.717, 1.165) is 17.7 Å². The Balaban J connectivity index is 1.96. The van der Waals surface area contributed by atoms with Crippen LogP contribution >= 0.6 is 0 Å². The quantitative estimate of drug-likeness (QED) is 0.744. The van der Waals surface area contributed by atoms with Crippen LogP contribution in [0.25, 0.3) is 0 Å². The van der Waals surface area contributed by atoms with Crippen LogP contribution < -0.4 is 4.74 Å². The Morgan fingerprint density at radius 1 is 1.26 bits per heavy atom. The van der Waals surface area contributed by atoms with E-state index in [1.165, 1.54) is 0 Å². The van der Waals surface area contributed by atoms with Gasteiger partial charge in [-0.3, -0.25) is 9.59 Å². The van der Waals surface area contributed by atoms with Crippen molar-refractivity contribution in [2.75, 3.05) is 33.3 Å². The van der Waals surface area contributed by atoms with Crippen LogP contribution in [0.15, 0.2) is 24.3 Å². The maximum Gasteiger partial charge on any atom is 0.227 e. The highest BCUT2D eigenvalue weighted by Crippen LogP contribution is 2.18. The van der Waals surface area contributed by atoms with Crippen LogP contribution in [0, 0.1) is 0 Å². The summed E-state index contributed by atoms with van der Waals surface area (Å²) >= 11 is 0. The first kappa shape index (κ1) is 13.4. The number of amides is 2. The molecule has 5 nitrogen and oxygen atoms in total. The van der Waals surface area contributed by atoms with E-state index in [2.05, 4.69) is 0 Å².